The molecule has 1 unspecified atom stereocenters. The largest absolute Gasteiger partial charge is 0.312 e. The van der Waals surface area contributed by atoms with Crippen LogP contribution in [0.1, 0.15) is 38.8 Å². The maximum atomic E-state index is 5.94. The maximum Gasteiger partial charge on any atom is 0.0408 e. The molecule has 0 saturated carbocycles. The molecule has 0 amide bonds. The molecule has 0 radical (unpaired) electrons. The third-order valence-corrected chi connectivity index (χ3v) is 3.78. The molecule has 0 spiro atoms. The Balaban J connectivity index is 2.46. The van der Waals surface area contributed by atoms with Crippen molar-refractivity contribution in [1.82, 2.24) is 5.32 Å². The molecule has 0 aliphatic rings. The number of hydrogen-bond donors (Lipinski definition) is 1. The van der Waals surface area contributed by atoms with E-state index < -0.39 is 0 Å². The van der Waals surface area contributed by atoms with Crippen LogP contribution in [-0.4, -0.2) is 6.54 Å². The molecule has 0 bridgehead atoms. The third-order valence-electron chi connectivity index (χ3n) is 3.55. The standard InChI is InChI=1S/C15H24ClN/c1-11-8-14(16)7-6-13(11)10-17-9-12(2)15(3,4)5/h6-8,12,17H,9-10H2,1-5H3. The first-order valence-electron chi connectivity index (χ1n) is 6.26. The van der Waals surface area contributed by atoms with Gasteiger partial charge in [-0.1, -0.05) is 45.4 Å². The predicted molar refractivity (Wildman–Crippen MR) is 76.5 cm³/mol. The summed E-state index contributed by atoms with van der Waals surface area (Å²) in [5.74, 6) is 0.662. The molecule has 17 heavy (non-hydrogen) atoms. The molecule has 2 heteroatoms. The Labute approximate surface area is 111 Å². The average Bonchev–Trinajstić information content (AvgIpc) is 2.19. The van der Waals surface area contributed by atoms with Gasteiger partial charge in [-0.15, -0.1) is 0 Å². The molecule has 0 aliphatic heterocycles. The quantitative estimate of drug-likeness (QED) is 0.838. The minimum Gasteiger partial charge on any atom is -0.312 e. The van der Waals surface area contributed by atoms with E-state index in [9.17, 15) is 0 Å². The van der Waals surface area contributed by atoms with Gasteiger partial charge in [-0.25, -0.2) is 0 Å². The molecule has 0 aliphatic carbocycles. The van der Waals surface area contributed by atoms with Crippen LogP contribution in [0, 0.1) is 18.3 Å². The summed E-state index contributed by atoms with van der Waals surface area (Å²) < 4.78 is 0. The van der Waals surface area contributed by atoms with E-state index in [1.54, 1.807) is 0 Å². The lowest BCUT2D eigenvalue weighted by molar-refractivity contribution is 0.252. The first-order chi connectivity index (χ1) is 7.80. The van der Waals surface area contributed by atoms with Gasteiger partial charge >= 0.3 is 0 Å². The monoisotopic (exact) mass is 253 g/mol. The first-order valence-corrected chi connectivity index (χ1v) is 6.64. The molecule has 1 aromatic rings. The van der Waals surface area contributed by atoms with Crippen LogP contribution in [0.4, 0.5) is 0 Å². The second-order valence-corrected chi connectivity index (χ2v) is 6.41. The number of nitrogens with one attached hydrogen (secondary N) is 1. The molecule has 96 valence electrons. The molecule has 0 fully saturated rings. The van der Waals surface area contributed by atoms with Crippen LogP contribution >= 0.6 is 11.6 Å². The van der Waals surface area contributed by atoms with Gasteiger partial charge in [0.25, 0.3) is 0 Å². The van der Waals surface area contributed by atoms with E-state index >= 15 is 0 Å². The van der Waals surface area contributed by atoms with Gasteiger partial charge in [0.15, 0.2) is 0 Å². The zero-order valence-electron chi connectivity index (χ0n) is 11.6. The SMILES string of the molecule is Cc1cc(Cl)ccc1CNCC(C)C(C)(C)C. The van der Waals surface area contributed by atoms with Crippen LogP contribution in [0.5, 0.6) is 0 Å². The van der Waals surface area contributed by atoms with Crippen molar-refractivity contribution in [2.24, 2.45) is 11.3 Å². The number of halogens is 1. The number of aryl methyl sites for hydroxylation is 1. The smallest absolute Gasteiger partial charge is 0.0408 e. The minimum atomic E-state index is 0.363. The molecule has 1 atom stereocenters. The fraction of sp³-hybridized carbons (Fsp3) is 0.600. The van der Waals surface area contributed by atoms with Crippen molar-refractivity contribution in [3.63, 3.8) is 0 Å². The first kappa shape index (κ1) is 14.5. The van der Waals surface area contributed by atoms with Gasteiger partial charge in [0.2, 0.25) is 0 Å². The Bertz CT molecular complexity index is 366. The summed E-state index contributed by atoms with van der Waals surface area (Å²) in [6.45, 7) is 13.2. The zero-order valence-corrected chi connectivity index (χ0v) is 12.4. The van der Waals surface area contributed by atoms with E-state index in [1.807, 2.05) is 12.1 Å². The molecule has 1 rings (SSSR count). The van der Waals surface area contributed by atoms with E-state index in [2.05, 4.69) is 46.0 Å². The Morgan fingerprint density at radius 1 is 1.29 bits per heavy atom. The maximum absolute atomic E-state index is 5.94. The van der Waals surface area contributed by atoms with Gasteiger partial charge in [-0.05, 0) is 48.1 Å². The fourth-order valence-corrected chi connectivity index (χ4v) is 1.81. The average molecular weight is 254 g/mol. The second kappa shape index (κ2) is 5.88. The number of hydrogen-bond acceptors (Lipinski definition) is 1. The van der Waals surface area contributed by atoms with Crippen LogP contribution in [0.25, 0.3) is 0 Å². The highest BCUT2D eigenvalue weighted by atomic mass is 35.5. The molecule has 1 nitrogen and oxygen atoms in total. The van der Waals surface area contributed by atoms with Crippen LogP contribution in [0.15, 0.2) is 18.2 Å². The molecule has 0 saturated heterocycles. The van der Waals surface area contributed by atoms with Gasteiger partial charge in [-0.2, -0.15) is 0 Å². The highest BCUT2D eigenvalue weighted by molar-refractivity contribution is 6.30. The lowest BCUT2D eigenvalue weighted by Gasteiger charge is -2.27. The molecule has 0 aromatic heterocycles. The molecule has 1 aromatic carbocycles. The zero-order chi connectivity index (χ0) is 13.1. The van der Waals surface area contributed by atoms with Crippen molar-refractivity contribution in [3.8, 4) is 0 Å². The Hall–Kier alpha value is -0.530. The number of rotatable bonds is 4. The molecular formula is C15H24ClN. The summed E-state index contributed by atoms with van der Waals surface area (Å²) in [5.41, 5.74) is 2.95. The van der Waals surface area contributed by atoms with Crippen molar-refractivity contribution in [2.75, 3.05) is 6.54 Å². The molecule has 0 heterocycles. The van der Waals surface area contributed by atoms with E-state index in [1.165, 1.54) is 11.1 Å². The van der Waals surface area contributed by atoms with Gasteiger partial charge in [0.05, 0.1) is 0 Å². The summed E-state index contributed by atoms with van der Waals surface area (Å²) in [5, 5.41) is 4.34. The van der Waals surface area contributed by atoms with Crippen molar-refractivity contribution >= 4 is 11.6 Å². The van der Waals surface area contributed by atoms with E-state index in [4.69, 9.17) is 11.6 Å². The Kier molecular flexibility index (Phi) is 5.03. The van der Waals surface area contributed by atoms with E-state index in [0.717, 1.165) is 18.1 Å². The summed E-state index contributed by atoms with van der Waals surface area (Å²) >= 11 is 5.94. The normalized spacial score (nSPS) is 13.8. The highest BCUT2D eigenvalue weighted by Crippen LogP contribution is 2.24. The van der Waals surface area contributed by atoms with Crippen molar-refractivity contribution < 1.29 is 0 Å². The summed E-state index contributed by atoms with van der Waals surface area (Å²) in [6, 6.07) is 6.08. The topological polar surface area (TPSA) is 12.0 Å². The van der Waals surface area contributed by atoms with Gasteiger partial charge < -0.3 is 5.32 Å². The van der Waals surface area contributed by atoms with E-state index in [-0.39, 0.29) is 0 Å². The highest BCUT2D eigenvalue weighted by Gasteiger charge is 2.19. The Morgan fingerprint density at radius 2 is 1.94 bits per heavy atom. The number of benzene rings is 1. The fourth-order valence-electron chi connectivity index (χ4n) is 1.59. The van der Waals surface area contributed by atoms with Crippen molar-refractivity contribution in [3.05, 3.63) is 34.3 Å². The lowest BCUT2D eigenvalue weighted by Crippen LogP contribution is -2.29. The summed E-state index contributed by atoms with van der Waals surface area (Å²) in [6.07, 6.45) is 0. The molecular weight excluding hydrogens is 230 g/mol. The summed E-state index contributed by atoms with van der Waals surface area (Å²) in [7, 11) is 0. The van der Waals surface area contributed by atoms with Gasteiger partial charge in [-0.3, -0.25) is 0 Å². The van der Waals surface area contributed by atoms with Gasteiger partial charge in [0, 0.05) is 11.6 Å². The Morgan fingerprint density at radius 3 is 2.47 bits per heavy atom. The lowest BCUT2D eigenvalue weighted by atomic mass is 9.82. The van der Waals surface area contributed by atoms with Crippen LogP contribution in [-0.2, 0) is 6.54 Å². The summed E-state index contributed by atoms with van der Waals surface area (Å²) in [4.78, 5) is 0. The van der Waals surface area contributed by atoms with Crippen LogP contribution in [0.2, 0.25) is 5.02 Å². The third kappa shape index (κ3) is 4.69. The van der Waals surface area contributed by atoms with Crippen LogP contribution in [0.3, 0.4) is 0 Å². The van der Waals surface area contributed by atoms with Crippen molar-refractivity contribution in [2.45, 2.75) is 41.2 Å². The molecule has 1 N–H and O–H groups in total. The minimum absolute atomic E-state index is 0.363. The van der Waals surface area contributed by atoms with Crippen molar-refractivity contribution in [1.29, 1.82) is 0 Å². The van der Waals surface area contributed by atoms with Gasteiger partial charge in [0.1, 0.15) is 0 Å². The predicted octanol–water partition coefficient (Wildman–Crippen LogP) is 4.42. The second-order valence-electron chi connectivity index (χ2n) is 5.97. The van der Waals surface area contributed by atoms with E-state index in [0.29, 0.717) is 11.3 Å². The van der Waals surface area contributed by atoms with Crippen LogP contribution < -0.4 is 5.32 Å².